The van der Waals surface area contributed by atoms with Gasteiger partial charge in [-0.3, -0.25) is 4.98 Å². The Hall–Kier alpha value is -2.93. The summed E-state index contributed by atoms with van der Waals surface area (Å²) in [7, 11) is 0. The van der Waals surface area contributed by atoms with Crippen LogP contribution in [0.1, 0.15) is 11.3 Å². The molecule has 0 atom stereocenters. The molecule has 0 saturated carbocycles. The number of nitrogens with zero attached hydrogens (tertiary/aromatic N) is 3. The van der Waals surface area contributed by atoms with E-state index in [9.17, 15) is 5.26 Å². The Bertz CT molecular complexity index is 804. The molecule has 1 aromatic carbocycles. The van der Waals surface area contributed by atoms with Gasteiger partial charge in [-0.25, -0.2) is 4.98 Å². The number of nitriles is 1. The van der Waals surface area contributed by atoms with Crippen LogP contribution in [-0.2, 0) is 0 Å². The number of aromatic nitrogens is 2. The van der Waals surface area contributed by atoms with Gasteiger partial charge in [-0.1, -0.05) is 18.2 Å². The van der Waals surface area contributed by atoms with E-state index in [1.807, 2.05) is 37.3 Å². The largest absolute Gasteiger partial charge is 0.436 e. The molecule has 2 aromatic heterocycles. The van der Waals surface area contributed by atoms with E-state index < -0.39 is 0 Å². The van der Waals surface area contributed by atoms with Crippen molar-refractivity contribution in [3.8, 4) is 17.7 Å². The van der Waals surface area contributed by atoms with Gasteiger partial charge >= 0.3 is 0 Å². The molecular weight excluding hydrogens is 250 g/mol. The van der Waals surface area contributed by atoms with E-state index >= 15 is 0 Å². The highest BCUT2D eigenvalue weighted by Gasteiger charge is 2.09. The third kappa shape index (κ3) is 2.29. The van der Waals surface area contributed by atoms with Gasteiger partial charge in [-0.05, 0) is 31.2 Å². The van der Waals surface area contributed by atoms with Gasteiger partial charge in [0.2, 0.25) is 5.88 Å². The van der Waals surface area contributed by atoms with Crippen molar-refractivity contribution in [3.05, 3.63) is 59.9 Å². The van der Waals surface area contributed by atoms with Crippen LogP contribution in [0.4, 0.5) is 0 Å². The van der Waals surface area contributed by atoms with Gasteiger partial charge in [0.05, 0.1) is 11.7 Å². The number of fused-ring (bicyclic) bond motifs is 1. The Kier molecular flexibility index (Phi) is 3.02. The summed E-state index contributed by atoms with van der Waals surface area (Å²) in [6, 6.07) is 15.2. The molecule has 3 rings (SSSR count). The van der Waals surface area contributed by atoms with Gasteiger partial charge in [0, 0.05) is 11.1 Å². The fourth-order valence-corrected chi connectivity index (χ4v) is 1.88. The predicted octanol–water partition coefficient (Wildman–Crippen LogP) is 3.60. The molecule has 0 N–H and O–H groups in total. The molecule has 0 fully saturated rings. The van der Waals surface area contributed by atoms with Crippen LogP contribution in [0.15, 0.2) is 48.7 Å². The first-order valence-electron chi connectivity index (χ1n) is 6.16. The molecule has 4 heteroatoms. The highest BCUT2D eigenvalue weighted by atomic mass is 16.5. The van der Waals surface area contributed by atoms with E-state index in [-0.39, 0.29) is 0 Å². The first kappa shape index (κ1) is 12.1. The van der Waals surface area contributed by atoms with Crippen LogP contribution < -0.4 is 4.74 Å². The summed E-state index contributed by atoms with van der Waals surface area (Å²) in [5, 5.41) is 10.1. The SMILES string of the molecule is Cc1ccc(Oc2nc3ccccc3cc2C#N)cn1. The molecule has 3 aromatic rings. The molecule has 0 unspecified atom stereocenters. The average Bonchev–Trinajstić information content (AvgIpc) is 2.49. The number of ether oxygens (including phenoxy) is 1. The minimum atomic E-state index is 0.303. The van der Waals surface area contributed by atoms with Crippen LogP contribution in [-0.4, -0.2) is 9.97 Å². The molecule has 96 valence electrons. The lowest BCUT2D eigenvalue weighted by molar-refractivity contribution is 0.461. The molecule has 0 bridgehead atoms. The van der Waals surface area contributed by atoms with Gasteiger partial charge in [-0.2, -0.15) is 5.26 Å². The Balaban J connectivity index is 2.06. The molecule has 0 aliphatic rings. The number of pyridine rings is 2. The summed E-state index contributed by atoms with van der Waals surface area (Å²) in [5.41, 5.74) is 2.11. The first-order valence-corrected chi connectivity index (χ1v) is 6.16. The molecule has 0 saturated heterocycles. The zero-order valence-corrected chi connectivity index (χ0v) is 10.9. The minimum Gasteiger partial charge on any atom is -0.436 e. The lowest BCUT2D eigenvalue weighted by Gasteiger charge is -2.07. The number of hydrogen-bond donors (Lipinski definition) is 0. The molecule has 0 aliphatic carbocycles. The predicted molar refractivity (Wildman–Crippen MR) is 75.5 cm³/mol. The van der Waals surface area contributed by atoms with E-state index in [2.05, 4.69) is 16.0 Å². The highest BCUT2D eigenvalue weighted by molar-refractivity contribution is 5.80. The number of benzene rings is 1. The molecular formula is C16H11N3O. The van der Waals surface area contributed by atoms with Crippen LogP contribution in [0.3, 0.4) is 0 Å². The summed E-state index contributed by atoms with van der Waals surface area (Å²) in [5.74, 6) is 0.867. The second-order valence-corrected chi connectivity index (χ2v) is 4.38. The third-order valence-electron chi connectivity index (χ3n) is 2.91. The van der Waals surface area contributed by atoms with Crippen LogP contribution in [0.5, 0.6) is 11.6 Å². The van der Waals surface area contributed by atoms with Gasteiger partial charge in [-0.15, -0.1) is 0 Å². The molecule has 20 heavy (non-hydrogen) atoms. The number of rotatable bonds is 2. The zero-order chi connectivity index (χ0) is 13.9. The fraction of sp³-hybridized carbons (Fsp3) is 0.0625. The van der Waals surface area contributed by atoms with Gasteiger partial charge in [0.1, 0.15) is 17.4 Å². The highest BCUT2D eigenvalue weighted by Crippen LogP contribution is 2.26. The van der Waals surface area contributed by atoms with Crippen molar-refractivity contribution >= 4 is 10.9 Å². The Morgan fingerprint density at radius 2 is 2.00 bits per heavy atom. The van der Waals surface area contributed by atoms with Crippen molar-refractivity contribution in [2.75, 3.05) is 0 Å². The Morgan fingerprint density at radius 3 is 2.75 bits per heavy atom. The summed E-state index contributed by atoms with van der Waals surface area (Å²) < 4.78 is 5.67. The number of para-hydroxylation sites is 1. The maximum absolute atomic E-state index is 9.21. The van der Waals surface area contributed by atoms with Crippen molar-refractivity contribution < 1.29 is 4.74 Å². The third-order valence-corrected chi connectivity index (χ3v) is 2.91. The summed E-state index contributed by atoms with van der Waals surface area (Å²) in [6.07, 6.45) is 1.62. The standard InChI is InChI=1S/C16H11N3O/c1-11-6-7-14(10-18-11)20-16-13(9-17)8-12-4-2-3-5-15(12)19-16/h2-8,10H,1H3. The summed E-state index contributed by atoms with van der Waals surface area (Å²) in [6.45, 7) is 1.90. The topological polar surface area (TPSA) is 58.8 Å². The first-order chi connectivity index (χ1) is 9.76. The average molecular weight is 261 g/mol. The van der Waals surface area contributed by atoms with Crippen molar-refractivity contribution in [2.24, 2.45) is 0 Å². The molecule has 2 heterocycles. The second kappa shape index (κ2) is 4.98. The summed E-state index contributed by atoms with van der Waals surface area (Å²) >= 11 is 0. The van der Waals surface area contributed by atoms with E-state index in [1.54, 1.807) is 18.3 Å². The van der Waals surface area contributed by atoms with Crippen molar-refractivity contribution in [3.63, 3.8) is 0 Å². The van der Waals surface area contributed by atoms with Gasteiger partial charge < -0.3 is 4.74 Å². The van der Waals surface area contributed by atoms with Crippen LogP contribution >= 0.6 is 0 Å². The molecule has 4 nitrogen and oxygen atoms in total. The summed E-state index contributed by atoms with van der Waals surface area (Å²) in [4.78, 5) is 8.55. The van der Waals surface area contributed by atoms with Crippen LogP contribution in [0.25, 0.3) is 10.9 Å². The number of aryl methyl sites for hydroxylation is 1. The van der Waals surface area contributed by atoms with E-state index in [1.165, 1.54) is 0 Å². The monoisotopic (exact) mass is 261 g/mol. The van der Waals surface area contributed by atoms with Crippen LogP contribution in [0, 0.1) is 18.3 Å². The molecule has 0 spiro atoms. The lowest BCUT2D eigenvalue weighted by atomic mass is 10.1. The second-order valence-electron chi connectivity index (χ2n) is 4.38. The van der Waals surface area contributed by atoms with E-state index in [0.29, 0.717) is 17.2 Å². The fourth-order valence-electron chi connectivity index (χ4n) is 1.88. The van der Waals surface area contributed by atoms with Gasteiger partial charge in [0.15, 0.2) is 0 Å². The van der Waals surface area contributed by atoms with Crippen molar-refractivity contribution in [2.45, 2.75) is 6.92 Å². The molecule has 0 aliphatic heterocycles. The van der Waals surface area contributed by atoms with Crippen LogP contribution in [0.2, 0.25) is 0 Å². The number of hydrogen-bond acceptors (Lipinski definition) is 4. The lowest BCUT2D eigenvalue weighted by Crippen LogP contribution is -1.94. The Morgan fingerprint density at radius 1 is 1.15 bits per heavy atom. The van der Waals surface area contributed by atoms with E-state index in [0.717, 1.165) is 16.6 Å². The maximum Gasteiger partial charge on any atom is 0.237 e. The Labute approximate surface area is 116 Å². The normalized spacial score (nSPS) is 10.2. The zero-order valence-electron chi connectivity index (χ0n) is 10.9. The quantitative estimate of drug-likeness (QED) is 0.707. The van der Waals surface area contributed by atoms with Crippen molar-refractivity contribution in [1.29, 1.82) is 5.26 Å². The van der Waals surface area contributed by atoms with Crippen molar-refractivity contribution in [1.82, 2.24) is 9.97 Å². The maximum atomic E-state index is 9.21. The smallest absolute Gasteiger partial charge is 0.237 e. The minimum absolute atomic E-state index is 0.303. The van der Waals surface area contributed by atoms with E-state index in [4.69, 9.17) is 4.74 Å². The molecule has 0 radical (unpaired) electrons. The molecule has 0 amide bonds. The van der Waals surface area contributed by atoms with Gasteiger partial charge in [0.25, 0.3) is 0 Å².